The maximum absolute atomic E-state index is 12.7. The summed E-state index contributed by atoms with van der Waals surface area (Å²) in [7, 11) is -3.76. The van der Waals surface area contributed by atoms with Gasteiger partial charge in [-0.25, -0.2) is 8.42 Å². The lowest BCUT2D eigenvalue weighted by Crippen LogP contribution is -2.19. The van der Waals surface area contributed by atoms with E-state index in [2.05, 4.69) is 0 Å². The third-order valence-corrected chi connectivity index (χ3v) is 3.71. The van der Waals surface area contributed by atoms with Crippen molar-refractivity contribution >= 4 is 15.7 Å². The van der Waals surface area contributed by atoms with E-state index in [1.807, 2.05) is 4.72 Å². The first kappa shape index (κ1) is 16.3. The SMILES string of the molecule is N#Cc1ccc(NS(=O)(=O)CCCN)cc1C(F)(F)F. The monoisotopic (exact) mass is 307 g/mol. The van der Waals surface area contributed by atoms with Crippen molar-refractivity contribution in [2.45, 2.75) is 12.6 Å². The summed E-state index contributed by atoms with van der Waals surface area (Å²) in [5.74, 6) is -0.287. The molecule has 0 spiro atoms. The molecule has 0 heterocycles. The van der Waals surface area contributed by atoms with Crippen molar-refractivity contribution in [2.75, 3.05) is 17.0 Å². The first-order chi connectivity index (χ1) is 9.19. The molecule has 0 unspecified atom stereocenters. The number of nitrogens with one attached hydrogen (secondary N) is 1. The highest BCUT2D eigenvalue weighted by Gasteiger charge is 2.34. The Labute approximate surface area is 114 Å². The molecule has 0 saturated carbocycles. The molecule has 1 aromatic carbocycles. The smallest absolute Gasteiger partial charge is 0.330 e. The molecule has 0 saturated heterocycles. The van der Waals surface area contributed by atoms with Crippen LogP contribution < -0.4 is 10.5 Å². The third-order valence-electron chi connectivity index (χ3n) is 2.34. The summed E-state index contributed by atoms with van der Waals surface area (Å²) in [4.78, 5) is 0. The summed E-state index contributed by atoms with van der Waals surface area (Å²) in [6, 6.07) is 4.03. The highest BCUT2D eigenvalue weighted by atomic mass is 32.2. The molecule has 0 amide bonds. The van der Waals surface area contributed by atoms with Crippen LogP contribution >= 0.6 is 0 Å². The summed E-state index contributed by atoms with van der Waals surface area (Å²) in [6.45, 7) is 0.155. The van der Waals surface area contributed by atoms with Gasteiger partial charge < -0.3 is 5.73 Å². The summed E-state index contributed by atoms with van der Waals surface area (Å²) in [5, 5.41) is 8.62. The Morgan fingerprint density at radius 1 is 1.35 bits per heavy atom. The average molecular weight is 307 g/mol. The highest BCUT2D eigenvalue weighted by Crippen LogP contribution is 2.33. The minimum Gasteiger partial charge on any atom is -0.330 e. The average Bonchev–Trinajstić information content (AvgIpc) is 2.35. The van der Waals surface area contributed by atoms with E-state index in [1.54, 1.807) is 0 Å². The fourth-order valence-corrected chi connectivity index (χ4v) is 2.58. The molecule has 0 aliphatic carbocycles. The summed E-state index contributed by atoms with van der Waals surface area (Å²) < 4.78 is 63.3. The van der Waals surface area contributed by atoms with Crippen LogP contribution in [-0.2, 0) is 16.2 Å². The molecule has 5 nitrogen and oxygen atoms in total. The van der Waals surface area contributed by atoms with E-state index in [0.717, 1.165) is 12.1 Å². The van der Waals surface area contributed by atoms with E-state index in [9.17, 15) is 21.6 Å². The topological polar surface area (TPSA) is 96.0 Å². The fraction of sp³-hybridized carbons (Fsp3) is 0.364. The molecule has 0 radical (unpaired) electrons. The molecule has 9 heteroatoms. The Hall–Kier alpha value is -1.79. The summed E-state index contributed by atoms with van der Waals surface area (Å²) >= 11 is 0. The Bertz CT molecular complexity index is 621. The molecule has 0 aliphatic rings. The molecule has 0 aromatic heterocycles. The quantitative estimate of drug-likeness (QED) is 0.864. The van der Waals surface area contributed by atoms with Gasteiger partial charge in [0.15, 0.2) is 0 Å². The largest absolute Gasteiger partial charge is 0.417 e. The highest BCUT2D eigenvalue weighted by molar-refractivity contribution is 7.92. The molecule has 1 aromatic rings. The Morgan fingerprint density at radius 3 is 2.50 bits per heavy atom. The van der Waals surface area contributed by atoms with E-state index >= 15 is 0 Å². The van der Waals surface area contributed by atoms with Gasteiger partial charge >= 0.3 is 6.18 Å². The van der Waals surface area contributed by atoms with Gasteiger partial charge in [0.2, 0.25) is 10.0 Å². The van der Waals surface area contributed by atoms with E-state index < -0.39 is 27.3 Å². The van der Waals surface area contributed by atoms with Crippen molar-refractivity contribution in [2.24, 2.45) is 5.73 Å². The van der Waals surface area contributed by atoms with Crippen molar-refractivity contribution in [3.05, 3.63) is 29.3 Å². The maximum Gasteiger partial charge on any atom is 0.417 e. The lowest BCUT2D eigenvalue weighted by atomic mass is 10.1. The van der Waals surface area contributed by atoms with Gasteiger partial charge in [0.25, 0.3) is 0 Å². The molecule has 1 rings (SSSR count). The van der Waals surface area contributed by atoms with Crippen molar-refractivity contribution in [3.8, 4) is 6.07 Å². The van der Waals surface area contributed by atoms with Gasteiger partial charge in [0.1, 0.15) is 0 Å². The van der Waals surface area contributed by atoms with E-state index in [0.29, 0.717) is 6.07 Å². The lowest BCUT2D eigenvalue weighted by Gasteiger charge is -2.12. The van der Waals surface area contributed by atoms with Gasteiger partial charge in [-0.2, -0.15) is 18.4 Å². The second kappa shape index (κ2) is 6.11. The molecule has 0 aliphatic heterocycles. The van der Waals surface area contributed by atoms with Crippen molar-refractivity contribution in [3.63, 3.8) is 0 Å². The van der Waals surface area contributed by atoms with Gasteiger partial charge in [-0.05, 0) is 31.2 Å². The van der Waals surface area contributed by atoms with Crippen LogP contribution in [0.15, 0.2) is 18.2 Å². The molecule has 0 atom stereocenters. The van der Waals surface area contributed by atoms with Crippen LogP contribution in [0.5, 0.6) is 0 Å². The Morgan fingerprint density at radius 2 is 2.00 bits per heavy atom. The summed E-state index contributed by atoms with van der Waals surface area (Å²) in [5.41, 5.74) is 3.18. The second-order valence-corrected chi connectivity index (χ2v) is 5.77. The molecular weight excluding hydrogens is 295 g/mol. The number of alkyl halides is 3. The fourth-order valence-electron chi connectivity index (χ4n) is 1.44. The second-order valence-electron chi connectivity index (χ2n) is 3.93. The molecular formula is C11H12F3N3O2S. The molecule has 3 N–H and O–H groups in total. The molecule has 110 valence electrons. The number of hydrogen-bond acceptors (Lipinski definition) is 4. The zero-order valence-electron chi connectivity index (χ0n) is 10.2. The van der Waals surface area contributed by atoms with Crippen LogP contribution in [0, 0.1) is 11.3 Å². The zero-order chi connectivity index (χ0) is 15.4. The zero-order valence-corrected chi connectivity index (χ0v) is 11.1. The summed E-state index contributed by atoms with van der Waals surface area (Å²) in [6.07, 6.45) is -4.54. The van der Waals surface area contributed by atoms with Gasteiger partial charge in [-0.15, -0.1) is 0 Å². The van der Waals surface area contributed by atoms with E-state index in [4.69, 9.17) is 11.0 Å². The van der Waals surface area contributed by atoms with E-state index in [1.165, 1.54) is 6.07 Å². The predicted octanol–water partition coefficient (Wildman–Crippen LogP) is 1.67. The van der Waals surface area contributed by atoms with Crippen LogP contribution in [-0.4, -0.2) is 20.7 Å². The number of rotatable bonds is 5. The van der Waals surface area contributed by atoms with Crippen LogP contribution in [0.2, 0.25) is 0 Å². The molecule has 0 fully saturated rings. The minimum absolute atomic E-state index is 0.155. The minimum atomic E-state index is -4.73. The Kier molecular flexibility index (Phi) is 4.97. The molecule has 20 heavy (non-hydrogen) atoms. The van der Waals surface area contributed by atoms with E-state index in [-0.39, 0.29) is 24.4 Å². The lowest BCUT2D eigenvalue weighted by molar-refractivity contribution is -0.137. The van der Waals surface area contributed by atoms with Crippen molar-refractivity contribution in [1.29, 1.82) is 5.26 Å². The van der Waals surface area contributed by atoms with Gasteiger partial charge in [-0.1, -0.05) is 0 Å². The number of benzene rings is 1. The first-order valence-electron chi connectivity index (χ1n) is 5.51. The third kappa shape index (κ3) is 4.40. The van der Waals surface area contributed by atoms with Crippen LogP contribution in [0.4, 0.5) is 18.9 Å². The van der Waals surface area contributed by atoms with Crippen molar-refractivity contribution in [1.82, 2.24) is 0 Å². The van der Waals surface area contributed by atoms with Crippen molar-refractivity contribution < 1.29 is 21.6 Å². The normalized spacial score (nSPS) is 11.9. The number of nitriles is 1. The van der Waals surface area contributed by atoms with Crippen LogP contribution in [0.25, 0.3) is 0 Å². The predicted molar refractivity (Wildman–Crippen MR) is 67.2 cm³/mol. The van der Waals surface area contributed by atoms with Crippen LogP contribution in [0.1, 0.15) is 17.5 Å². The maximum atomic E-state index is 12.7. The number of anilines is 1. The standard InChI is InChI=1S/C11H12F3N3O2S/c12-11(13,14)10-6-9(3-2-8(10)7-16)17-20(18,19)5-1-4-15/h2-3,6,17H,1,4-5,15H2. The number of sulfonamides is 1. The van der Waals surface area contributed by atoms with Gasteiger partial charge in [0.05, 0.1) is 22.9 Å². The van der Waals surface area contributed by atoms with Gasteiger partial charge in [0, 0.05) is 5.69 Å². The number of nitrogens with zero attached hydrogens (tertiary/aromatic N) is 1. The van der Waals surface area contributed by atoms with Crippen LogP contribution in [0.3, 0.4) is 0 Å². The molecule has 0 bridgehead atoms. The number of nitrogens with two attached hydrogens (primary N) is 1. The van der Waals surface area contributed by atoms with Gasteiger partial charge in [-0.3, -0.25) is 4.72 Å². The number of hydrogen-bond donors (Lipinski definition) is 2. The number of halogens is 3. The Balaban J connectivity index is 3.08. The first-order valence-corrected chi connectivity index (χ1v) is 7.17.